The van der Waals surface area contributed by atoms with E-state index in [9.17, 15) is 13.2 Å². The summed E-state index contributed by atoms with van der Waals surface area (Å²) >= 11 is 5.54. The maximum atomic E-state index is 12.4. The van der Waals surface area contributed by atoms with Crippen molar-refractivity contribution in [3.05, 3.63) is 24.3 Å². The maximum absolute atomic E-state index is 12.4. The predicted octanol–water partition coefficient (Wildman–Crippen LogP) is 2.43. The van der Waals surface area contributed by atoms with Gasteiger partial charge in [0, 0.05) is 31.1 Å². The smallest absolute Gasteiger partial charge is 0.243 e. The average Bonchev–Trinajstić information content (AvgIpc) is 3.00. The Bertz CT molecular complexity index is 598. The number of sulfonamides is 1. The first-order valence-electron chi connectivity index (χ1n) is 7.00. The molecule has 0 unspecified atom stereocenters. The summed E-state index contributed by atoms with van der Waals surface area (Å²) in [6, 6.07) is 6.38. The van der Waals surface area contributed by atoms with Crippen molar-refractivity contribution in [3.8, 4) is 0 Å². The first kappa shape index (κ1) is 16.3. The molecule has 1 saturated heterocycles. The minimum Gasteiger partial charge on any atom is -0.326 e. The second kappa shape index (κ2) is 7.24. The number of nitrogens with zero attached hydrogens (tertiary/aromatic N) is 1. The van der Waals surface area contributed by atoms with Gasteiger partial charge in [-0.25, -0.2) is 8.42 Å². The second-order valence-electron chi connectivity index (χ2n) is 4.98. The predicted molar refractivity (Wildman–Crippen MR) is 83.0 cm³/mol. The van der Waals surface area contributed by atoms with Crippen LogP contribution in [0.25, 0.3) is 0 Å². The zero-order valence-corrected chi connectivity index (χ0v) is 13.3. The molecule has 0 atom stereocenters. The molecular weight excluding hydrogens is 312 g/mol. The lowest BCUT2D eigenvalue weighted by molar-refractivity contribution is -0.116. The Labute approximate surface area is 130 Å². The highest BCUT2D eigenvalue weighted by atomic mass is 35.5. The zero-order chi connectivity index (χ0) is 15.3. The molecule has 1 aromatic carbocycles. The Balaban J connectivity index is 2.12. The number of benzene rings is 1. The quantitative estimate of drug-likeness (QED) is 0.815. The van der Waals surface area contributed by atoms with Crippen LogP contribution in [-0.4, -0.2) is 37.6 Å². The molecule has 1 aliphatic rings. The van der Waals surface area contributed by atoms with E-state index < -0.39 is 10.0 Å². The van der Waals surface area contributed by atoms with Crippen LogP contribution < -0.4 is 5.32 Å². The zero-order valence-electron chi connectivity index (χ0n) is 11.7. The molecule has 2 rings (SSSR count). The Hall–Kier alpha value is -1.11. The molecule has 116 valence electrons. The number of nitrogens with one attached hydrogen (secondary N) is 1. The van der Waals surface area contributed by atoms with Gasteiger partial charge in [-0.3, -0.25) is 4.79 Å². The van der Waals surface area contributed by atoms with E-state index in [0.29, 0.717) is 37.5 Å². The van der Waals surface area contributed by atoms with E-state index in [1.54, 1.807) is 18.2 Å². The van der Waals surface area contributed by atoms with Gasteiger partial charge < -0.3 is 5.32 Å². The number of alkyl halides is 1. The summed E-state index contributed by atoms with van der Waals surface area (Å²) < 4.78 is 26.4. The lowest BCUT2D eigenvalue weighted by Gasteiger charge is -2.16. The maximum Gasteiger partial charge on any atom is 0.243 e. The van der Waals surface area contributed by atoms with E-state index in [4.69, 9.17) is 11.6 Å². The molecule has 0 radical (unpaired) electrons. The number of halogens is 1. The molecule has 21 heavy (non-hydrogen) atoms. The molecule has 1 aliphatic heterocycles. The standard InChI is InChI=1S/C14H19ClN2O3S/c15-8-4-7-14(18)16-12-5-3-6-13(11-12)21(19,20)17-9-1-2-10-17/h3,5-6,11H,1-2,4,7-10H2,(H,16,18). The fourth-order valence-electron chi connectivity index (χ4n) is 2.26. The summed E-state index contributed by atoms with van der Waals surface area (Å²) in [7, 11) is -3.45. The molecule has 1 aromatic rings. The molecule has 0 bridgehead atoms. The van der Waals surface area contributed by atoms with Crippen molar-refractivity contribution in [1.82, 2.24) is 4.31 Å². The number of amides is 1. The molecule has 5 nitrogen and oxygen atoms in total. The van der Waals surface area contributed by atoms with E-state index in [1.165, 1.54) is 10.4 Å². The SMILES string of the molecule is O=C(CCCCl)Nc1cccc(S(=O)(=O)N2CCCC2)c1. The van der Waals surface area contributed by atoms with Crippen LogP contribution in [0.2, 0.25) is 0 Å². The Morgan fingerprint density at radius 3 is 2.67 bits per heavy atom. The van der Waals surface area contributed by atoms with Crippen molar-refractivity contribution in [2.75, 3.05) is 24.3 Å². The number of hydrogen-bond donors (Lipinski definition) is 1. The van der Waals surface area contributed by atoms with Crippen LogP contribution in [0, 0.1) is 0 Å². The third-order valence-electron chi connectivity index (χ3n) is 3.36. The molecule has 0 aromatic heterocycles. The number of hydrogen-bond acceptors (Lipinski definition) is 3. The van der Waals surface area contributed by atoms with Crippen LogP contribution in [0.3, 0.4) is 0 Å². The van der Waals surface area contributed by atoms with Crippen molar-refractivity contribution < 1.29 is 13.2 Å². The van der Waals surface area contributed by atoms with Crippen LogP contribution in [0.4, 0.5) is 5.69 Å². The van der Waals surface area contributed by atoms with Gasteiger partial charge in [-0.15, -0.1) is 11.6 Å². The molecule has 1 heterocycles. The van der Waals surface area contributed by atoms with Crippen molar-refractivity contribution in [2.24, 2.45) is 0 Å². The Morgan fingerprint density at radius 1 is 1.29 bits per heavy atom. The Kier molecular flexibility index (Phi) is 5.61. The summed E-state index contributed by atoms with van der Waals surface area (Å²) in [5.74, 6) is 0.267. The van der Waals surface area contributed by atoms with Gasteiger partial charge in [-0.1, -0.05) is 6.07 Å². The van der Waals surface area contributed by atoms with Crippen LogP contribution in [0.1, 0.15) is 25.7 Å². The van der Waals surface area contributed by atoms with E-state index in [2.05, 4.69) is 5.32 Å². The molecule has 1 fully saturated rings. The fraction of sp³-hybridized carbons (Fsp3) is 0.500. The third kappa shape index (κ3) is 4.18. The summed E-state index contributed by atoms with van der Waals surface area (Å²) in [6.07, 6.45) is 2.72. The summed E-state index contributed by atoms with van der Waals surface area (Å²) in [6.45, 7) is 1.13. The van der Waals surface area contributed by atoms with Crippen LogP contribution >= 0.6 is 11.6 Å². The van der Waals surface area contributed by atoms with E-state index in [1.807, 2.05) is 0 Å². The minimum atomic E-state index is -3.45. The molecule has 0 aliphatic carbocycles. The molecule has 1 N–H and O–H groups in total. The number of carbonyl (C=O) groups excluding carboxylic acids is 1. The Morgan fingerprint density at radius 2 is 2.00 bits per heavy atom. The fourth-order valence-corrected chi connectivity index (χ4v) is 3.96. The van der Waals surface area contributed by atoms with Crippen molar-refractivity contribution >= 4 is 33.2 Å². The average molecular weight is 331 g/mol. The summed E-state index contributed by atoms with van der Waals surface area (Å²) in [5.41, 5.74) is 0.495. The van der Waals surface area contributed by atoms with Gasteiger partial charge in [-0.2, -0.15) is 4.31 Å². The van der Waals surface area contributed by atoms with E-state index in [-0.39, 0.29) is 10.8 Å². The van der Waals surface area contributed by atoms with Crippen LogP contribution in [0.15, 0.2) is 29.2 Å². The summed E-state index contributed by atoms with van der Waals surface area (Å²) in [5, 5.41) is 2.70. The monoisotopic (exact) mass is 330 g/mol. The third-order valence-corrected chi connectivity index (χ3v) is 5.52. The number of rotatable bonds is 6. The van der Waals surface area contributed by atoms with Gasteiger partial charge in [0.05, 0.1) is 4.90 Å². The van der Waals surface area contributed by atoms with Gasteiger partial charge in [0.1, 0.15) is 0 Å². The van der Waals surface area contributed by atoms with Gasteiger partial charge in [-0.05, 0) is 37.5 Å². The van der Waals surface area contributed by atoms with Crippen molar-refractivity contribution in [2.45, 2.75) is 30.6 Å². The lowest BCUT2D eigenvalue weighted by Crippen LogP contribution is -2.27. The lowest BCUT2D eigenvalue weighted by atomic mass is 10.3. The second-order valence-corrected chi connectivity index (χ2v) is 7.30. The first-order valence-corrected chi connectivity index (χ1v) is 8.97. The van der Waals surface area contributed by atoms with E-state index >= 15 is 0 Å². The van der Waals surface area contributed by atoms with Crippen LogP contribution in [0.5, 0.6) is 0 Å². The summed E-state index contributed by atoms with van der Waals surface area (Å²) in [4.78, 5) is 11.9. The topological polar surface area (TPSA) is 66.5 Å². The van der Waals surface area contributed by atoms with Gasteiger partial charge in [0.2, 0.25) is 15.9 Å². The van der Waals surface area contributed by atoms with Crippen molar-refractivity contribution in [1.29, 1.82) is 0 Å². The molecular formula is C14H19ClN2O3S. The molecule has 7 heteroatoms. The van der Waals surface area contributed by atoms with Gasteiger partial charge in [0.15, 0.2) is 0 Å². The largest absolute Gasteiger partial charge is 0.326 e. The van der Waals surface area contributed by atoms with Gasteiger partial charge >= 0.3 is 0 Å². The highest BCUT2D eigenvalue weighted by Crippen LogP contribution is 2.23. The highest BCUT2D eigenvalue weighted by molar-refractivity contribution is 7.89. The van der Waals surface area contributed by atoms with Crippen LogP contribution in [-0.2, 0) is 14.8 Å². The minimum absolute atomic E-state index is 0.161. The number of anilines is 1. The van der Waals surface area contributed by atoms with Crippen molar-refractivity contribution in [3.63, 3.8) is 0 Å². The molecule has 1 amide bonds. The highest BCUT2D eigenvalue weighted by Gasteiger charge is 2.27. The molecule has 0 spiro atoms. The first-order chi connectivity index (χ1) is 10.0. The number of carbonyl (C=O) groups is 1. The van der Waals surface area contributed by atoms with Gasteiger partial charge in [0.25, 0.3) is 0 Å². The van der Waals surface area contributed by atoms with E-state index in [0.717, 1.165) is 12.8 Å². The normalized spacial score (nSPS) is 16.0. The molecule has 0 saturated carbocycles.